The van der Waals surface area contributed by atoms with Crippen molar-refractivity contribution < 1.29 is 13.2 Å². The maximum absolute atomic E-state index is 12.7. The molecule has 0 atom stereocenters. The molecule has 0 aromatic heterocycles. The molecule has 0 unspecified atom stereocenters. The summed E-state index contributed by atoms with van der Waals surface area (Å²) in [4.78, 5) is 14.2. The molecular formula is C19H18Cl2N2O3S. The van der Waals surface area contributed by atoms with Crippen LogP contribution in [-0.2, 0) is 14.8 Å². The highest BCUT2D eigenvalue weighted by atomic mass is 35.5. The van der Waals surface area contributed by atoms with Gasteiger partial charge in [-0.05, 0) is 48.0 Å². The molecule has 0 spiro atoms. The molecule has 0 bridgehead atoms. The van der Waals surface area contributed by atoms with E-state index in [0.29, 0.717) is 23.1 Å². The number of hydrogen-bond acceptors (Lipinski definition) is 3. The van der Waals surface area contributed by atoms with Crippen LogP contribution in [0.25, 0.3) is 6.08 Å². The van der Waals surface area contributed by atoms with Gasteiger partial charge in [0.1, 0.15) is 0 Å². The van der Waals surface area contributed by atoms with Crippen LogP contribution in [0.2, 0.25) is 10.0 Å². The Balaban J connectivity index is 1.60. The molecule has 0 N–H and O–H groups in total. The van der Waals surface area contributed by atoms with E-state index in [9.17, 15) is 13.2 Å². The monoisotopic (exact) mass is 424 g/mol. The fraction of sp³-hybridized carbons (Fsp3) is 0.211. The molecule has 1 fully saturated rings. The van der Waals surface area contributed by atoms with Crippen LogP contribution in [0.1, 0.15) is 5.56 Å². The molecule has 2 aromatic rings. The summed E-state index contributed by atoms with van der Waals surface area (Å²) < 4.78 is 26.7. The van der Waals surface area contributed by atoms with E-state index in [-0.39, 0.29) is 23.9 Å². The lowest BCUT2D eigenvalue weighted by molar-refractivity contribution is -0.127. The quantitative estimate of drug-likeness (QED) is 0.705. The van der Waals surface area contributed by atoms with E-state index >= 15 is 0 Å². The van der Waals surface area contributed by atoms with E-state index in [1.54, 1.807) is 35.2 Å². The Kier molecular flexibility index (Phi) is 6.22. The molecule has 8 heteroatoms. The third-order valence-corrected chi connectivity index (χ3v) is 6.71. The van der Waals surface area contributed by atoms with Gasteiger partial charge in [0, 0.05) is 42.3 Å². The van der Waals surface area contributed by atoms with Gasteiger partial charge in [0.25, 0.3) is 0 Å². The van der Waals surface area contributed by atoms with Crippen LogP contribution in [-0.4, -0.2) is 49.7 Å². The standard InChI is InChI=1S/C19H18Cl2N2O3S/c20-16-4-1-15(2-5-16)3-10-19(24)22-11-13-23(14-12-22)27(25,26)18-8-6-17(21)7-9-18/h1-10H,11-14H2/b10-3+. The third-order valence-electron chi connectivity index (χ3n) is 4.29. The van der Waals surface area contributed by atoms with Crippen LogP contribution in [0.4, 0.5) is 0 Å². The molecule has 0 saturated carbocycles. The van der Waals surface area contributed by atoms with Crippen molar-refractivity contribution in [3.8, 4) is 0 Å². The largest absolute Gasteiger partial charge is 0.337 e. The Morgan fingerprint density at radius 3 is 1.93 bits per heavy atom. The van der Waals surface area contributed by atoms with Crippen molar-refractivity contribution in [1.82, 2.24) is 9.21 Å². The van der Waals surface area contributed by atoms with Crippen LogP contribution >= 0.6 is 23.2 Å². The minimum atomic E-state index is -3.58. The van der Waals surface area contributed by atoms with Crippen LogP contribution in [0.15, 0.2) is 59.5 Å². The number of halogens is 2. The number of rotatable bonds is 4. The lowest BCUT2D eigenvalue weighted by Gasteiger charge is -2.33. The van der Waals surface area contributed by atoms with Crippen molar-refractivity contribution in [1.29, 1.82) is 0 Å². The molecule has 1 aliphatic rings. The topological polar surface area (TPSA) is 57.7 Å². The Morgan fingerprint density at radius 2 is 1.37 bits per heavy atom. The first-order chi connectivity index (χ1) is 12.9. The third kappa shape index (κ3) is 4.90. The SMILES string of the molecule is O=C(/C=C/c1ccc(Cl)cc1)N1CCN(S(=O)(=O)c2ccc(Cl)cc2)CC1. The average molecular weight is 425 g/mol. The Hall–Kier alpha value is -1.86. The van der Waals surface area contributed by atoms with E-state index in [1.807, 2.05) is 12.1 Å². The van der Waals surface area contributed by atoms with Gasteiger partial charge in [-0.2, -0.15) is 4.31 Å². The summed E-state index contributed by atoms with van der Waals surface area (Å²) in [7, 11) is -3.58. The summed E-state index contributed by atoms with van der Waals surface area (Å²) in [6.07, 6.45) is 3.21. The number of piperazine rings is 1. The first kappa shape index (κ1) is 19.9. The Bertz CT molecular complexity index is 934. The van der Waals surface area contributed by atoms with E-state index in [4.69, 9.17) is 23.2 Å². The van der Waals surface area contributed by atoms with Gasteiger partial charge in [-0.25, -0.2) is 8.42 Å². The van der Waals surface area contributed by atoms with Crippen molar-refractivity contribution in [3.05, 3.63) is 70.2 Å². The van der Waals surface area contributed by atoms with Crippen LogP contribution < -0.4 is 0 Å². The number of amides is 1. The van der Waals surface area contributed by atoms with Gasteiger partial charge in [-0.3, -0.25) is 4.79 Å². The number of nitrogens with zero attached hydrogens (tertiary/aromatic N) is 2. The fourth-order valence-electron chi connectivity index (χ4n) is 2.75. The molecule has 1 heterocycles. The summed E-state index contributed by atoms with van der Waals surface area (Å²) in [5.74, 6) is -0.145. The van der Waals surface area contributed by atoms with Gasteiger partial charge >= 0.3 is 0 Å². The highest BCUT2D eigenvalue weighted by Gasteiger charge is 2.29. The van der Waals surface area contributed by atoms with Crippen LogP contribution in [0, 0.1) is 0 Å². The molecule has 0 aliphatic carbocycles. The molecule has 142 valence electrons. The first-order valence-corrected chi connectivity index (χ1v) is 10.5. The second-order valence-corrected chi connectivity index (χ2v) is 8.88. The van der Waals surface area contributed by atoms with Gasteiger partial charge < -0.3 is 4.90 Å². The zero-order valence-corrected chi connectivity index (χ0v) is 16.7. The summed E-state index contributed by atoms with van der Waals surface area (Å²) >= 11 is 11.7. The van der Waals surface area contributed by atoms with Gasteiger partial charge in [-0.1, -0.05) is 35.3 Å². The number of carbonyl (C=O) groups is 1. The second kappa shape index (κ2) is 8.44. The molecule has 2 aromatic carbocycles. The highest BCUT2D eigenvalue weighted by Crippen LogP contribution is 2.20. The Labute approximate surface area is 168 Å². The van der Waals surface area contributed by atoms with Crippen molar-refractivity contribution in [2.45, 2.75) is 4.90 Å². The zero-order chi connectivity index (χ0) is 19.4. The molecule has 1 saturated heterocycles. The molecule has 27 heavy (non-hydrogen) atoms. The van der Waals surface area contributed by atoms with E-state index in [2.05, 4.69) is 0 Å². The predicted octanol–water partition coefficient (Wildman–Crippen LogP) is 3.54. The molecular weight excluding hydrogens is 407 g/mol. The van der Waals surface area contributed by atoms with Gasteiger partial charge in [0.15, 0.2) is 0 Å². The van der Waals surface area contributed by atoms with Crippen molar-refractivity contribution in [3.63, 3.8) is 0 Å². The fourth-order valence-corrected chi connectivity index (χ4v) is 4.43. The number of hydrogen-bond donors (Lipinski definition) is 0. The number of benzene rings is 2. The summed E-state index contributed by atoms with van der Waals surface area (Å²) in [5, 5.41) is 1.12. The summed E-state index contributed by atoms with van der Waals surface area (Å²) in [5.41, 5.74) is 0.872. The first-order valence-electron chi connectivity index (χ1n) is 8.34. The Morgan fingerprint density at radius 1 is 0.852 bits per heavy atom. The lowest BCUT2D eigenvalue weighted by atomic mass is 10.2. The lowest BCUT2D eigenvalue weighted by Crippen LogP contribution is -2.50. The van der Waals surface area contributed by atoms with E-state index in [0.717, 1.165) is 5.56 Å². The van der Waals surface area contributed by atoms with Crippen molar-refractivity contribution >= 4 is 45.2 Å². The molecule has 1 amide bonds. The number of carbonyl (C=O) groups excluding carboxylic acids is 1. The second-order valence-electron chi connectivity index (χ2n) is 6.07. The van der Waals surface area contributed by atoms with Gasteiger partial charge in [0.05, 0.1) is 4.90 Å². The normalized spacial score (nSPS) is 16.0. The van der Waals surface area contributed by atoms with Crippen molar-refractivity contribution in [2.75, 3.05) is 26.2 Å². The predicted molar refractivity (Wildman–Crippen MR) is 107 cm³/mol. The molecule has 3 rings (SSSR count). The summed E-state index contributed by atoms with van der Waals surface area (Å²) in [6.45, 7) is 1.20. The van der Waals surface area contributed by atoms with Gasteiger partial charge in [0.2, 0.25) is 15.9 Å². The van der Waals surface area contributed by atoms with Crippen molar-refractivity contribution in [2.24, 2.45) is 0 Å². The average Bonchev–Trinajstić information content (AvgIpc) is 2.68. The minimum Gasteiger partial charge on any atom is -0.337 e. The molecule has 0 radical (unpaired) electrons. The highest BCUT2D eigenvalue weighted by molar-refractivity contribution is 7.89. The van der Waals surface area contributed by atoms with E-state index < -0.39 is 10.0 Å². The minimum absolute atomic E-state index is 0.145. The van der Waals surface area contributed by atoms with Crippen LogP contribution in [0.3, 0.4) is 0 Å². The maximum atomic E-state index is 12.7. The molecule has 1 aliphatic heterocycles. The van der Waals surface area contributed by atoms with Crippen LogP contribution in [0.5, 0.6) is 0 Å². The zero-order valence-electron chi connectivity index (χ0n) is 14.4. The smallest absolute Gasteiger partial charge is 0.246 e. The maximum Gasteiger partial charge on any atom is 0.246 e. The molecule has 5 nitrogen and oxygen atoms in total. The number of sulfonamides is 1. The van der Waals surface area contributed by atoms with E-state index in [1.165, 1.54) is 22.5 Å². The summed E-state index contributed by atoms with van der Waals surface area (Å²) in [6, 6.07) is 13.2. The van der Waals surface area contributed by atoms with Gasteiger partial charge in [-0.15, -0.1) is 0 Å².